The van der Waals surface area contributed by atoms with Crippen LogP contribution in [0, 0.1) is 5.92 Å². The van der Waals surface area contributed by atoms with Gasteiger partial charge in [-0.3, -0.25) is 4.79 Å². The zero-order valence-electron chi connectivity index (χ0n) is 12.0. The second-order valence-electron chi connectivity index (χ2n) is 5.48. The van der Waals surface area contributed by atoms with E-state index < -0.39 is 0 Å². The van der Waals surface area contributed by atoms with Gasteiger partial charge in [-0.1, -0.05) is 13.3 Å². The maximum atomic E-state index is 12.4. The van der Waals surface area contributed by atoms with Crippen LogP contribution in [0.3, 0.4) is 0 Å². The number of nitrogens with two attached hydrogens (primary N) is 1. The minimum atomic E-state index is 0.105. The van der Waals surface area contributed by atoms with E-state index in [0.29, 0.717) is 17.2 Å². The van der Waals surface area contributed by atoms with Gasteiger partial charge in [-0.2, -0.15) is 0 Å². The Balaban J connectivity index is 2.14. The summed E-state index contributed by atoms with van der Waals surface area (Å²) in [6.07, 6.45) is 2.26. The number of anilines is 2. The lowest BCUT2D eigenvalue weighted by molar-refractivity contribution is 0.0787. The number of carbonyl (C=O) groups excluding carboxylic acids is 1. The van der Waals surface area contributed by atoms with Gasteiger partial charge in [0.1, 0.15) is 0 Å². The Bertz CT molecular complexity index is 470. The summed E-state index contributed by atoms with van der Waals surface area (Å²) in [6.45, 7) is 3.93. The Morgan fingerprint density at radius 1 is 1.47 bits per heavy atom. The van der Waals surface area contributed by atoms with Crippen LogP contribution >= 0.6 is 0 Å². The van der Waals surface area contributed by atoms with E-state index in [-0.39, 0.29) is 5.91 Å². The zero-order chi connectivity index (χ0) is 14.0. The van der Waals surface area contributed by atoms with Gasteiger partial charge in [0.2, 0.25) is 0 Å². The second-order valence-corrected chi connectivity index (χ2v) is 5.48. The number of carbonyl (C=O) groups is 1. The van der Waals surface area contributed by atoms with Gasteiger partial charge in [0.05, 0.1) is 11.4 Å². The smallest absolute Gasteiger partial charge is 0.253 e. The maximum Gasteiger partial charge on any atom is 0.253 e. The average molecular weight is 261 g/mol. The van der Waals surface area contributed by atoms with Gasteiger partial charge in [-0.15, -0.1) is 0 Å². The highest BCUT2D eigenvalue weighted by Gasteiger charge is 2.26. The average Bonchev–Trinajstić information content (AvgIpc) is 2.86. The van der Waals surface area contributed by atoms with Crippen LogP contribution in [-0.2, 0) is 0 Å². The minimum absolute atomic E-state index is 0.105. The molecule has 0 radical (unpaired) electrons. The molecule has 0 bridgehead atoms. The number of amides is 1. The van der Waals surface area contributed by atoms with Gasteiger partial charge in [0, 0.05) is 32.7 Å². The molecule has 2 rings (SSSR count). The molecule has 0 aliphatic carbocycles. The highest BCUT2D eigenvalue weighted by molar-refractivity contribution is 5.96. The number of hydrogen-bond acceptors (Lipinski definition) is 3. The lowest BCUT2D eigenvalue weighted by Crippen LogP contribution is -2.28. The summed E-state index contributed by atoms with van der Waals surface area (Å²) in [5.41, 5.74) is 8.30. The molecule has 1 aliphatic rings. The molecule has 1 heterocycles. The lowest BCUT2D eigenvalue weighted by Gasteiger charge is -2.19. The first-order chi connectivity index (χ1) is 9.02. The number of hydrogen-bond donors (Lipinski definition) is 1. The van der Waals surface area contributed by atoms with Crippen molar-refractivity contribution in [2.24, 2.45) is 5.92 Å². The van der Waals surface area contributed by atoms with Gasteiger partial charge in [0.25, 0.3) is 5.91 Å². The molecular weight excluding hydrogens is 238 g/mol. The fraction of sp³-hybridized carbons (Fsp3) is 0.533. The van der Waals surface area contributed by atoms with E-state index in [1.807, 2.05) is 36.0 Å². The molecule has 1 fully saturated rings. The molecule has 1 saturated heterocycles. The Labute approximate surface area is 115 Å². The minimum Gasteiger partial charge on any atom is -0.397 e. The molecule has 1 aliphatic heterocycles. The third-order valence-electron chi connectivity index (χ3n) is 3.91. The monoisotopic (exact) mass is 261 g/mol. The van der Waals surface area contributed by atoms with Crippen molar-refractivity contribution in [1.82, 2.24) is 4.90 Å². The van der Waals surface area contributed by atoms with Crippen molar-refractivity contribution in [1.29, 1.82) is 0 Å². The Morgan fingerprint density at radius 3 is 2.74 bits per heavy atom. The summed E-state index contributed by atoms with van der Waals surface area (Å²) in [5, 5.41) is 0. The Morgan fingerprint density at radius 2 is 2.21 bits per heavy atom. The van der Waals surface area contributed by atoms with Crippen LogP contribution in [0.4, 0.5) is 11.4 Å². The molecule has 4 nitrogen and oxygen atoms in total. The van der Waals surface area contributed by atoms with Crippen molar-refractivity contribution in [3.8, 4) is 0 Å². The van der Waals surface area contributed by atoms with E-state index in [1.165, 1.54) is 0 Å². The van der Waals surface area contributed by atoms with Crippen LogP contribution in [0.2, 0.25) is 0 Å². The molecule has 104 valence electrons. The van der Waals surface area contributed by atoms with Crippen LogP contribution in [0.15, 0.2) is 18.2 Å². The summed E-state index contributed by atoms with van der Waals surface area (Å²) in [7, 11) is 3.89. The SMILES string of the molecule is CCC1CCN(C(=O)c2ccc(N(C)C)c(N)c2)C1. The Kier molecular flexibility index (Phi) is 3.98. The fourth-order valence-electron chi connectivity index (χ4n) is 2.63. The first-order valence-electron chi connectivity index (χ1n) is 6.89. The predicted molar refractivity (Wildman–Crippen MR) is 79.5 cm³/mol. The molecule has 0 saturated carbocycles. The molecule has 1 atom stereocenters. The van der Waals surface area contributed by atoms with Crippen LogP contribution in [0.5, 0.6) is 0 Å². The third kappa shape index (κ3) is 2.83. The highest BCUT2D eigenvalue weighted by Crippen LogP contribution is 2.25. The molecule has 1 amide bonds. The number of benzene rings is 1. The van der Waals surface area contributed by atoms with E-state index in [4.69, 9.17) is 5.73 Å². The first kappa shape index (κ1) is 13.7. The fourth-order valence-corrected chi connectivity index (χ4v) is 2.63. The summed E-state index contributed by atoms with van der Waals surface area (Å²) >= 11 is 0. The van der Waals surface area contributed by atoms with Crippen LogP contribution in [0.1, 0.15) is 30.1 Å². The molecule has 1 aromatic rings. The van der Waals surface area contributed by atoms with Crippen molar-refractivity contribution in [2.45, 2.75) is 19.8 Å². The van der Waals surface area contributed by atoms with E-state index in [2.05, 4.69) is 6.92 Å². The molecule has 0 spiro atoms. The number of nitrogen functional groups attached to an aromatic ring is 1. The van der Waals surface area contributed by atoms with E-state index in [9.17, 15) is 4.79 Å². The topological polar surface area (TPSA) is 49.6 Å². The molecular formula is C15H23N3O. The van der Waals surface area contributed by atoms with E-state index in [1.54, 1.807) is 6.07 Å². The molecule has 1 aromatic carbocycles. The number of rotatable bonds is 3. The standard InChI is InChI=1S/C15H23N3O/c1-4-11-7-8-18(10-11)15(19)12-5-6-14(17(2)3)13(16)9-12/h5-6,9,11H,4,7-8,10,16H2,1-3H3. The third-order valence-corrected chi connectivity index (χ3v) is 3.91. The van der Waals surface area contributed by atoms with Gasteiger partial charge in [-0.05, 0) is 30.5 Å². The highest BCUT2D eigenvalue weighted by atomic mass is 16.2. The normalized spacial score (nSPS) is 18.7. The summed E-state index contributed by atoms with van der Waals surface area (Å²) in [4.78, 5) is 16.3. The summed E-state index contributed by atoms with van der Waals surface area (Å²) in [6, 6.07) is 5.57. The van der Waals surface area contributed by atoms with Crippen molar-refractivity contribution in [3.63, 3.8) is 0 Å². The van der Waals surface area contributed by atoms with Crippen molar-refractivity contribution >= 4 is 17.3 Å². The van der Waals surface area contributed by atoms with Crippen LogP contribution in [0.25, 0.3) is 0 Å². The molecule has 19 heavy (non-hydrogen) atoms. The van der Waals surface area contributed by atoms with Crippen molar-refractivity contribution < 1.29 is 4.79 Å². The first-order valence-corrected chi connectivity index (χ1v) is 6.89. The van der Waals surface area contributed by atoms with Crippen LogP contribution in [-0.4, -0.2) is 38.0 Å². The molecule has 1 unspecified atom stereocenters. The zero-order valence-corrected chi connectivity index (χ0v) is 12.0. The number of nitrogens with zero attached hydrogens (tertiary/aromatic N) is 2. The van der Waals surface area contributed by atoms with Gasteiger partial charge in [0.15, 0.2) is 0 Å². The van der Waals surface area contributed by atoms with Gasteiger partial charge >= 0.3 is 0 Å². The van der Waals surface area contributed by atoms with E-state index in [0.717, 1.165) is 31.6 Å². The maximum absolute atomic E-state index is 12.4. The predicted octanol–water partition coefficient (Wildman–Crippen LogP) is 2.21. The molecule has 0 aromatic heterocycles. The number of likely N-dealkylation sites (tertiary alicyclic amines) is 1. The van der Waals surface area contributed by atoms with Gasteiger partial charge < -0.3 is 15.5 Å². The largest absolute Gasteiger partial charge is 0.397 e. The van der Waals surface area contributed by atoms with Crippen molar-refractivity contribution in [2.75, 3.05) is 37.8 Å². The summed E-state index contributed by atoms with van der Waals surface area (Å²) < 4.78 is 0. The quantitative estimate of drug-likeness (QED) is 0.849. The van der Waals surface area contributed by atoms with Crippen LogP contribution < -0.4 is 10.6 Å². The van der Waals surface area contributed by atoms with E-state index >= 15 is 0 Å². The lowest BCUT2D eigenvalue weighted by atomic mass is 10.1. The van der Waals surface area contributed by atoms with Crippen molar-refractivity contribution in [3.05, 3.63) is 23.8 Å². The Hall–Kier alpha value is -1.71. The van der Waals surface area contributed by atoms with Gasteiger partial charge in [-0.25, -0.2) is 0 Å². The molecule has 4 heteroatoms. The second kappa shape index (κ2) is 5.51. The summed E-state index contributed by atoms with van der Waals surface area (Å²) in [5.74, 6) is 0.760. The molecule has 2 N–H and O–H groups in total.